The summed E-state index contributed by atoms with van der Waals surface area (Å²) in [5.41, 5.74) is 6.79. The molecule has 0 unspecified atom stereocenters. The molecular formula is C29H36N4O2. The number of H-pyrrole nitrogens is 1. The SMILES string of the molecule is CCN(c1cc(-c2cccnc2)cc(C(=O)NCc2c(C)cc(C)[nH]c2=O)c1C)C1CCCCC1. The number of amides is 1. The van der Waals surface area contributed by atoms with E-state index in [0.29, 0.717) is 17.2 Å². The fourth-order valence-electron chi connectivity index (χ4n) is 5.32. The number of nitrogens with one attached hydrogen (secondary N) is 2. The van der Waals surface area contributed by atoms with Crippen LogP contribution < -0.4 is 15.8 Å². The Morgan fingerprint density at radius 2 is 1.89 bits per heavy atom. The summed E-state index contributed by atoms with van der Waals surface area (Å²) in [7, 11) is 0. The third-order valence-corrected chi connectivity index (χ3v) is 7.20. The summed E-state index contributed by atoms with van der Waals surface area (Å²) in [5, 5.41) is 3.01. The predicted molar refractivity (Wildman–Crippen MR) is 142 cm³/mol. The molecule has 1 aliphatic carbocycles. The van der Waals surface area contributed by atoms with Crippen molar-refractivity contribution in [3.8, 4) is 11.1 Å². The second-order valence-electron chi connectivity index (χ2n) is 9.61. The number of anilines is 1. The molecule has 4 rings (SSSR count). The molecule has 0 bridgehead atoms. The number of aromatic amines is 1. The van der Waals surface area contributed by atoms with Crippen LogP contribution >= 0.6 is 0 Å². The summed E-state index contributed by atoms with van der Waals surface area (Å²) >= 11 is 0. The van der Waals surface area contributed by atoms with E-state index >= 15 is 0 Å². The first-order valence-corrected chi connectivity index (χ1v) is 12.7. The molecule has 3 aromatic rings. The topological polar surface area (TPSA) is 78.1 Å². The van der Waals surface area contributed by atoms with E-state index in [0.717, 1.165) is 40.2 Å². The number of rotatable bonds is 7. The minimum absolute atomic E-state index is 0.154. The smallest absolute Gasteiger partial charge is 0.253 e. The zero-order chi connectivity index (χ0) is 24.9. The molecular weight excluding hydrogens is 436 g/mol. The van der Waals surface area contributed by atoms with Crippen molar-refractivity contribution in [3.05, 3.63) is 81.0 Å². The number of pyridine rings is 2. The number of aromatic nitrogens is 2. The van der Waals surface area contributed by atoms with E-state index in [-0.39, 0.29) is 18.0 Å². The van der Waals surface area contributed by atoms with Gasteiger partial charge in [-0.15, -0.1) is 0 Å². The molecule has 6 nitrogen and oxygen atoms in total. The van der Waals surface area contributed by atoms with Gasteiger partial charge in [-0.2, -0.15) is 0 Å². The molecule has 1 aromatic carbocycles. The van der Waals surface area contributed by atoms with Gasteiger partial charge in [-0.1, -0.05) is 25.3 Å². The minimum Gasteiger partial charge on any atom is -0.369 e. The van der Waals surface area contributed by atoms with Gasteiger partial charge in [0.05, 0.1) is 0 Å². The van der Waals surface area contributed by atoms with Crippen molar-refractivity contribution in [2.45, 2.75) is 72.4 Å². The number of benzene rings is 1. The van der Waals surface area contributed by atoms with Gasteiger partial charge in [-0.3, -0.25) is 14.6 Å². The highest BCUT2D eigenvalue weighted by Gasteiger charge is 2.24. The average molecular weight is 473 g/mol. The highest BCUT2D eigenvalue weighted by molar-refractivity contribution is 5.99. The normalized spacial score (nSPS) is 14.1. The van der Waals surface area contributed by atoms with E-state index in [4.69, 9.17) is 0 Å². The van der Waals surface area contributed by atoms with Crippen LogP contribution in [0.25, 0.3) is 11.1 Å². The summed E-state index contributed by atoms with van der Waals surface area (Å²) in [6, 6.07) is 10.5. The molecule has 0 spiro atoms. The number of carbonyl (C=O) groups is 1. The van der Waals surface area contributed by atoms with E-state index in [1.807, 2.05) is 51.2 Å². The zero-order valence-electron chi connectivity index (χ0n) is 21.3. The van der Waals surface area contributed by atoms with Gasteiger partial charge >= 0.3 is 0 Å². The van der Waals surface area contributed by atoms with Crippen molar-refractivity contribution in [1.82, 2.24) is 15.3 Å². The van der Waals surface area contributed by atoms with E-state index < -0.39 is 0 Å². The van der Waals surface area contributed by atoms with Crippen LogP contribution in [0.2, 0.25) is 0 Å². The molecule has 1 fully saturated rings. The lowest BCUT2D eigenvalue weighted by Crippen LogP contribution is -2.37. The largest absolute Gasteiger partial charge is 0.369 e. The third-order valence-electron chi connectivity index (χ3n) is 7.20. The molecule has 0 atom stereocenters. The second kappa shape index (κ2) is 10.9. The number of hydrogen-bond acceptors (Lipinski definition) is 4. The molecule has 6 heteroatoms. The molecule has 2 aromatic heterocycles. The molecule has 35 heavy (non-hydrogen) atoms. The fraction of sp³-hybridized carbons (Fsp3) is 0.414. The van der Waals surface area contributed by atoms with Crippen LogP contribution in [0.5, 0.6) is 0 Å². The number of hydrogen-bond donors (Lipinski definition) is 2. The van der Waals surface area contributed by atoms with Crippen molar-refractivity contribution in [1.29, 1.82) is 0 Å². The standard InChI is InChI=1S/C29H36N4O2/c1-5-33(24-11-7-6-8-12-24)27-16-23(22-10-9-13-30-17-22)15-25(21(27)4)28(34)31-18-26-19(2)14-20(3)32-29(26)35/h9-10,13-17,24H,5-8,11-12,18H2,1-4H3,(H,31,34)(H,32,35). The highest BCUT2D eigenvalue weighted by atomic mass is 16.1. The van der Waals surface area contributed by atoms with Gasteiger partial charge in [0, 0.05) is 59.6 Å². The Morgan fingerprint density at radius 1 is 1.11 bits per heavy atom. The van der Waals surface area contributed by atoms with Crippen molar-refractivity contribution in [2.24, 2.45) is 0 Å². The zero-order valence-corrected chi connectivity index (χ0v) is 21.3. The molecule has 1 aliphatic rings. The molecule has 1 saturated carbocycles. The van der Waals surface area contributed by atoms with Crippen LogP contribution in [0.3, 0.4) is 0 Å². The average Bonchev–Trinajstić information content (AvgIpc) is 2.86. The number of carbonyl (C=O) groups excluding carboxylic acids is 1. The Bertz CT molecular complexity index is 1240. The Morgan fingerprint density at radius 3 is 2.54 bits per heavy atom. The summed E-state index contributed by atoms with van der Waals surface area (Å²) in [6.07, 6.45) is 9.76. The molecule has 184 valence electrons. The van der Waals surface area contributed by atoms with Gasteiger partial charge < -0.3 is 15.2 Å². The maximum atomic E-state index is 13.5. The summed E-state index contributed by atoms with van der Waals surface area (Å²) in [4.78, 5) is 35.5. The van der Waals surface area contributed by atoms with Crippen LogP contribution in [0.4, 0.5) is 5.69 Å². The van der Waals surface area contributed by atoms with Gasteiger partial charge in [0.25, 0.3) is 11.5 Å². The van der Waals surface area contributed by atoms with Crippen molar-refractivity contribution in [2.75, 3.05) is 11.4 Å². The van der Waals surface area contributed by atoms with Crippen LogP contribution in [0.15, 0.2) is 47.5 Å². The summed E-state index contributed by atoms with van der Waals surface area (Å²) in [6.45, 7) is 9.06. The maximum Gasteiger partial charge on any atom is 0.253 e. The van der Waals surface area contributed by atoms with Gasteiger partial charge in [-0.05, 0) is 81.5 Å². The number of aryl methyl sites for hydroxylation is 2. The van der Waals surface area contributed by atoms with Gasteiger partial charge in [0.15, 0.2) is 0 Å². The quantitative estimate of drug-likeness (QED) is 0.479. The third kappa shape index (κ3) is 5.47. The van der Waals surface area contributed by atoms with E-state index in [1.54, 1.807) is 6.20 Å². The maximum absolute atomic E-state index is 13.5. The monoisotopic (exact) mass is 472 g/mol. The minimum atomic E-state index is -0.173. The molecule has 0 saturated heterocycles. The van der Waals surface area contributed by atoms with Crippen LogP contribution in [0.1, 0.15) is 71.8 Å². The Hall–Kier alpha value is -3.41. The Kier molecular flexibility index (Phi) is 7.69. The molecule has 0 radical (unpaired) electrons. The van der Waals surface area contributed by atoms with Crippen molar-refractivity contribution < 1.29 is 4.79 Å². The highest BCUT2D eigenvalue weighted by Crippen LogP contribution is 2.34. The van der Waals surface area contributed by atoms with Crippen LogP contribution in [0, 0.1) is 20.8 Å². The van der Waals surface area contributed by atoms with Crippen molar-refractivity contribution >= 4 is 11.6 Å². The summed E-state index contributed by atoms with van der Waals surface area (Å²) in [5.74, 6) is -0.173. The Labute approximate surface area is 207 Å². The van der Waals surface area contributed by atoms with Gasteiger partial charge in [-0.25, -0.2) is 0 Å². The molecule has 2 N–H and O–H groups in total. The molecule has 2 heterocycles. The van der Waals surface area contributed by atoms with E-state index in [9.17, 15) is 9.59 Å². The first-order chi connectivity index (χ1) is 16.9. The lowest BCUT2D eigenvalue weighted by atomic mass is 9.91. The number of nitrogens with zero attached hydrogens (tertiary/aromatic N) is 2. The van der Waals surface area contributed by atoms with E-state index in [2.05, 4.69) is 33.2 Å². The van der Waals surface area contributed by atoms with Crippen molar-refractivity contribution in [3.63, 3.8) is 0 Å². The van der Waals surface area contributed by atoms with Gasteiger partial charge in [0.1, 0.15) is 0 Å². The molecule has 1 amide bonds. The fourth-order valence-corrected chi connectivity index (χ4v) is 5.32. The first-order valence-electron chi connectivity index (χ1n) is 12.7. The lowest BCUT2D eigenvalue weighted by molar-refractivity contribution is 0.0950. The first kappa shape index (κ1) is 24.7. The van der Waals surface area contributed by atoms with E-state index in [1.165, 1.54) is 32.1 Å². The Balaban J connectivity index is 1.72. The lowest BCUT2D eigenvalue weighted by Gasteiger charge is -2.37. The van der Waals surface area contributed by atoms with Gasteiger partial charge in [0.2, 0.25) is 0 Å². The second-order valence-corrected chi connectivity index (χ2v) is 9.61. The summed E-state index contributed by atoms with van der Waals surface area (Å²) < 4.78 is 0. The predicted octanol–water partition coefficient (Wildman–Crippen LogP) is 5.45. The molecule has 0 aliphatic heterocycles. The van der Waals surface area contributed by atoms with Crippen LogP contribution in [-0.2, 0) is 6.54 Å². The van der Waals surface area contributed by atoms with Crippen LogP contribution in [-0.4, -0.2) is 28.5 Å².